The maximum absolute atomic E-state index is 12.0. The lowest BCUT2D eigenvalue weighted by Gasteiger charge is -2.27. The van der Waals surface area contributed by atoms with Crippen LogP contribution in [0.15, 0.2) is 0 Å². The molecule has 0 bridgehead atoms. The molecule has 1 saturated carbocycles. The number of nitrogens with one attached hydrogen (secondary N) is 1. The summed E-state index contributed by atoms with van der Waals surface area (Å²) in [6.07, 6.45) is 6.16. The molecule has 0 aliphatic heterocycles. The summed E-state index contributed by atoms with van der Waals surface area (Å²) in [5.41, 5.74) is 2.08. The van der Waals surface area contributed by atoms with Gasteiger partial charge in [0, 0.05) is 13.6 Å². The first-order valence-corrected chi connectivity index (χ1v) is 7.87. The minimum absolute atomic E-state index is 0.0441. The number of hydrogen-bond acceptors (Lipinski definition) is 3. The van der Waals surface area contributed by atoms with E-state index in [9.17, 15) is 4.79 Å². The van der Waals surface area contributed by atoms with Crippen LogP contribution in [0.25, 0.3) is 0 Å². The van der Waals surface area contributed by atoms with E-state index in [0.29, 0.717) is 5.41 Å². The van der Waals surface area contributed by atoms with E-state index in [2.05, 4.69) is 17.3 Å². The number of amides is 1. The Hall–Kier alpha value is -1.52. The molecule has 1 N–H and O–H groups in total. The number of carbonyl (C=O) groups excluding carboxylic acids is 1. The topological polar surface area (TPSA) is 56.1 Å². The molecule has 1 heterocycles. The molecular formula is C16H27N3O2. The lowest BCUT2D eigenvalue weighted by Crippen LogP contribution is -2.38. The Balaban J connectivity index is 1.82. The second-order valence-electron chi connectivity index (χ2n) is 6.25. The van der Waals surface area contributed by atoms with Crippen LogP contribution in [0.3, 0.4) is 0 Å². The lowest BCUT2D eigenvalue weighted by atomic mass is 9.83. The molecule has 1 fully saturated rings. The van der Waals surface area contributed by atoms with Crippen molar-refractivity contribution in [3.05, 3.63) is 11.4 Å². The molecule has 118 valence electrons. The first kappa shape index (κ1) is 15.9. The van der Waals surface area contributed by atoms with Crippen molar-refractivity contribution in [3.63, 3.8) is 0 Å². The Morgan fingerprint density at radius 2 is 2.05 bits per heavy atom. The predicted molar refractivity (Wildman–Crippen MR) is 82.4 cm³/mol. The van der Waals surface area contributed by atoms with Gasteiger partial charge < -0.3 is 10.1 Å². The van der Waals surface area contributed by atoms with E-state index < -0.39 is 0 Å². The third-order valence-corrected chi connectivity index (χ3v) is 4.86. The average Bonchev–Trinajstić information content (AvgIpc) is 3.02. The van der Waals surface area contributed by atoms with Gasteiger partial charge in [-0.2, -0.15) is 5.10 Å². The summed E-state index contributed by atoms with van der Waals surface area (Å²) in [6, 6.07) is 0. The van der Waals surface area contributed by atoms with Crippen LogP contribution in [0.2, 0.25) is 0 Å². The van der Waals surface area contributed by atoms with Crippen LogP contribution in [0.4, 0.5) is 0 Å². The molecule has 0 aromatic carbocycles. The molecule has 1 aromatic rings. The smallest absolute Gasteiger partial charge is 0.257 e. The number of carbonyl (C=O) groups is 1. The number of ether oxygens (including phenoxy) is 1. The lowest BCUT2D eigenvalue weighted by molar-refractivity contribution is -0.123. The maximum Gasteiger partial charge on any atom is 0.257 e. The van der Waals surface area contributed by atoms with Crippen LogP contribution in [-0.4, -0.2) is 28.8 Å². The molecule has 0 radical (unpaired) electrons. The van der Waals surface area contributed by atoms with E-state index in [1.165, 1.54) is 25.7 Å². The van der Waals surface area contributed by atoms with Gasteiger partial charge in [-0.3, -0.25) is 9.48 Å². The molecule has 2 rings (SSSR count). The van der Waals surface area contributed by atoms with Gasteiger partial charge >= 0.3 is 0 Å². The van der Waals surface area contributed by atoms with Crippen LogP contribution in [-0.2, 0) is 11.8 Å². The van der Waals surface area contributed by atoms with Crippen LogP contribution in [0.5, 0.6) is 5.75 Å². The van der Waals surface area contributed by atoms with E-state index >= 15 is 0 Å². The number of rotatable bonds is 6. The van der Waals surface area contributed by atoms with Crippen molar-refractivity contribution < 1.29 is 9.53 Å². The van der Waals surface area contributed by atoms with Gasteiger partial charge in [-0.15, -0.1) is 0 Å². The summed E-state index contributed by atoms with van der Waals surface area (Å²) in [6.45, 7) is 6.89. The Morgan fingerprint density at radius 3 is 2.57 bits per heavy atom. The van der Waals surface area contributed by atoms with Gasteiger partial charge in [0.25, 0.3) is 5.91 Å². The minimum Gasteiger partial charge on any atom is -0.480 e. The van der Waals surface area contributed by atoms with Crippen molar-refractivity contribution in [3.8, 4) is 5.75 Å². The molecule has 1 aromatic heterocycles. The van der Waals surface area contributed by atoms with E-state index in [1.54, 1.807) is 4.68 Å². The Labute approximate surface area is 127 Å². The quantitative estimate of drug-likeness (QED) is 0.876. The van der Waals surface area contributed by atoms with E-state index in [0.717, 1.165) is 30.1 Å². The van der Waals surface area contributed by atoms with Crippen molar-refractivity contribution in [2.45, 2.75) is 52.9 Å². The normalized spacial score (nSPS) is 17.0. The number of nitrogens with zero attached hydrogens (tertiary/aromatic N) is 2. The van der Waals surface area contributed by atoms with E-state index in [-0.39, 0.29) is 12.5 Å². The van der Waals surface area contributed by atoms with Gasteiger partial charge in [0.05, 0.1) is 5.69 Å². The van der Waals surface area contributed by atoms with Crippen molar-refractivity contribution in [2.24, 2.45) is 12.5 Å². The SMILES string of the molecule is CCC1(CNC(=O)COc2c(C)nn(C)c2C)CCCC1. The third-order valence-electron chi connectivity index (χ3n) is 4.86. The molecule has 1 aliphatic carbocycles. The van der Waals surface area contributed by atoms with Gasteiger partial charge in [-0.25, -0.2) is 0 Å². The highest BCUT2D eigenvalue weighted by Gasteiger charge is 2.32. The van der Waals surface area contributed by atoms with Gasteiger partial charge in [0.1, 0.15) is 5.69 Å². The van der Waals surface area contributed by atoms with Crippen molar-refractivity contribution in [1.82, 2.24) is 15.1 Å². The zero-order valence-electron chi connectivity index (χ0n) is 13.7. The molecule has 1 amide bonds. The Morgan fingerprint density at radius 1 is 1.38 bits per heavy atom. The van der Waals surface area contributed by atoms with Crippen LogP contribution in [0, 0.1) is 19.3 Å². The average molecular weight is 293 g/mol. The molecule has 5 nitrogen and oxygen atoms in total. The first-order valence-electron chi connectivity index (χ1n) is 7.87. The fourth-order valence-electron chi connectivity index (χ4n) is 3.22. The van der Waals surface area contributed by atoms with E-state index in [4.69, 9.17) is 4.74 Å². The molecule has 0 atom stereocenters. The van der Waals surface area contributed by atoms with Gasteiger partial charge in [0.15, 0.2) is 12.4 Å². The third kappa shape index (κ3) is 3.57. The van der Waals surface area contributed by atoms with Gasteiger partial charge in [0.2, 0.25) is 0 Å². The highest BCUT2D eigenvalue weighted by Crippen LogP contribution is 2.40. The zero-order valence-corrected chi connectivity index (χ0v) is 13.7. The fraction of sp³-hybridized carbons (Fsp3) is 0.750. The predicted octanol–water partition coefficient (Wildman–Crippen LogP) is 2.50. The van der Waals surface area contributed by atoms with E-state index in [1.807, 2.05) is 20.9 Å². The summed E-state index contributed by atoms with van der Waals surface area (Å²) in [5.74, 6) is 0.677. The highest BCUT2D eigenvalue weighted by molar-refractivity contribution is 5.77. The van der Waals surface area contributed by atoms with Crippen LogP contribution < -0.4 is 10.1 Å². The molecular weight excluding hydrogens is 266 g/mol. The van der Waals surface area contributed by atoms with Crippen molar-refractivity contribution in [1.29, 1.82) is 0 Å². The summed E-state index contributed by atoms with van der Waals surface area (Å²) in [5, 5.41) is 7.32. The van der Waals surface area contributed by atoms with Crippen molar-refractivity contribution >= 4 is 5.91 Å². The molecule has 5 heteroatoms. The second kappa shape index (κ2) is 6.50. The second-order valence-corrected chi connectivity index (χ2v) is 6.25. The van der Waals surface area contributed by atoms with Gasteiger partial charge in [-0.1, -0.05) is 19.8 Å². The summed E-state index contributed by atoms with van der Waals surface area (Å²) < 4.78 is 7.41. The molecule has 0 saturated heterocycles. The molecule has 1 aliphatic rings. The standard InChI is InChI=1S/C16H27N3O2/c1-5-16(8-6-7-9-16)11-17-14(20)10-21-15-12(2)18-19(4)13(15)3/h5-11H2,1-4H3,(H,17,20). The molecule has 0 unspecified atom stereocenters. The summed E-state index contributed by atoms with van der Waals surface area (Å²) in [4.78, 5) is 12.0. The maximum atomic E-state index is 12.0. The number of aryl methyl sites for hydroxylation is 2. The summed E-state index contributed by atoms with van der Waals surface area (Å²) >= 11 is 0. The van der Waals surface area contributed by atoms with Gasteiger partial charge in [-0.05, 0) is 38.5 Å². The Bertz CT molecular complexity index is 502. The molecule has 21 heavy (non-hydrogen) atoms. The molecule has 0 spiro atoms. The largest absolute Gasteiger partial charge is 0.480 e. The fourth-order valence-corrected chi connectivity index (χ4v) is 3.22. The van der Waals surface area contributed by atoms with Crippen LogP contribution >= 0.6 is 0 Å². The highest BCUT2D eigenvalue weighted by atomic mass is 16.5. The van der Waals surface area contributed by atoms with Crippen LogP contribution in [0.1, 0.15) is 50.4 Å². The first-order chi connectivity index (χ1) is 9.97. The number of aromatic nitrogens is 2. The number of hydrogen-bond donors (Lipinski definition) is 1. The van der Waals surface area contributed by atoms with Crippen molar-refractivity contribution in [2.75, 3.05) is 13.2 Å². The summed E-state index contributed by atoms with van der Waals surface area (Å²) in [7, 11) is 1.88. The monoisotopic (exact) mass is 293 g/mol. The zero-order chi connectivity index (χ0) is 15.5. The Kier molecular flexibility index (Phi) is 4.91. The minimum atomic E-state index is -0.0441.